The van der Waals surface area contributed by atoms with Crippen LogP contribution in [0.3, 0.4) is 0 Å². The summed E-state index contributed by atoms with van der Waals surface area (Å²) in [7, 11) is 0. The second-order valence-electron chi connectivity index (χ2n) is 9.68. The van der Waals surface area contributed by atoms with Crippen molar-refractivity contribution >= 4 is 11.6 Å². The van der Waals surface area contributed by atoms with E-state index in [4.69, 9.17) is 0 Å². The molecule has 0 bridgehead atoms. The average molecular weight is 585 g/mol. The number of pyridine rings is 1. The third-order valence-electron chi connectivity index (χ3n) is 6.67. The van der Waals surface area contributed by atoms with Crippen molar-refractivity contribution in [1.29, 1.82) is 5.26 Å². The van der Waals surface area contributed by atoms with Crippen LogP contribution in [0.2, 0.25) is 0 Å². The number of Topliss-reactive ketones (excluding diaryl/α,β-unsaturated/α-hetero) is 2. The number of benzene rings is 2. The number of hydrogen-bond acceptors (Lipinski definition) is 5. The van der Waals surface area contributed by atoms with Gasteiger partial charge in [0.1, 0.15) is 29.1 Å². The SMILES string of the molecule is CC(=O)c1cc(-c2cccnc2[C@@H](CC(=O)Cn2nc(C(F)(F)F)c(C#N)c2C)Cc2cc(F)cc(F)c2)ccc1F. The largest absolute Gasteiger partial charge is 0.436 e. The van der Waals surface area contributed by atoms with Gasteiger partial charge in [0.05, 0.1) is 23.5 Å². The molecule has 0 saturated carbocycles. The molecule has 0 fully saturated rings. The second-order valence-corrected chi connectivity index (χ2v) is 9.68. The van der Waals surface area contributed by atoms with E-state index in [1.807, 2.05) is 0 Å². The number of hydrogen-bond donors (Lipinski definition) is 0. The summed E-state index contributed by atoms with van der Waals surface area (Å²) < 4.78 is 83.3. The van der Waals surface area contributed by atoms with Gasteiger partial charge in [-0.1, -0.05) is 12.1 Å². The first kappa shape index (κ1) is 30.2. The van der Waals surface area contributed by atoms with Crippen molar-refractivity contribution in [2.75, 3.05) is 0 Å². The van der Waals surface area contributed by atoms with Gasteiger partial charge in [0.25, 0.3) is 0 Å². The third-order valence-corrected chi connectivity index (χ3v) is 6.67. The smallest absolute Gasteiger partial charge is 0.298 e. The predicted molar refractivity (Wildman–Crippen MR) is 139 cm³/mol. The average Bonchev–Trinajstić information content (AvgIpc) is 3.23. The quantitative estimate of drug-likeness (QED) is 0.160. The molecule has 4 aromatic rings. The van der Waals surface area contributed by atoms with Gasteiger partial charge in [0.15, 0.2) is 17.3 Å². The van der Waals surface area contributed by atoms with Crippen LogP contribution in [-0.2, 0) is 23.9 Å². The molecule has 2 aromatic heterocycles. The molecule has 6 nitrogen and oxygen atoms in total. The first-order valence-corrected chi connectivity index (χ1v) is 12.6. The zero-order valence-corrected chi connectivity index (χ0v) is 22.3. The van der Waals surface area contributed by atoms with Crippen LogP contribution < -0.4 is 0 Å². The van der Waals surface area contributed by atoms with Gasteiger partial charge in [-0.25, -0.2) is 13.2 Å². The van der Waals surface area contributed by atoms with Crippen molar-refractivity contribution < 1.29 is 35.9 Å². The van der Waals surface area contributed by atoms with E-state index in [9.17, 15) is 41.2 Å². The molecular formula is C30H22F6N4O2. The van der Waals surface area contributed by atoms with Gasteiger partial charge < -0.3 is 0 Å². The second kappa shape index (κ2) is 12.0. The van der Waals surface area contributed by atoms with E-state index in [-0.39, 0.29) is 35.4 Å². The highest BCUT2D eigenvalue weighted by atomic mass is 19.4. The van der Waals surface area contributed by atoms with Gasteiger partial charge in [0.2, 0.25) is 0 Å². The van der Waals surface area contributed by atoms with Crippen LogP contribution in [0, 0.1) is 35.7 Å². The van der Waals surface area contributed by atoms with Crippen molar-refractivity contribution in [2.24, 2.45) is 0 Å². The van der Waals surface area contributed by atoms with Crippen LogP contribution >= 0.6 is 0 Å². The predicted octanol–water partition coefficient (Wildman–Crippen LogP) is 6.75. The number of carbonyl (C=O) groups is 2. The zero-order chi connectivity index (χ0) is 30.8. The standard InChI is InChI=1S/C30H22F6N4O2/c1-16-26(14-37)29(30(34,35)36)39-40(16)15-23(42)11-20(8-18-9-21(31)13-22(32)10-18)28-24(4-3-7-38-28)19-5-6-27(33)25(12-19)17(2)41/h3-7,9-10,12-13,20H,8,11,15H2,1-2H3/t20-/m1/s1. The molecule has 0 radical (unpaired) electrons. The molecule has 0 aliphatic heterocycles. The molecule has 0 unspecified atom stereocenters. The van der Waals surface area contributed by atoms with Crippen LogP contribution in [-0.4, -0.2) is 26.3 Å². The van der Waals surface area contributed by atoms with E-state index < -0.39 is 58.9 Å². The van der Waals surface area contributed by atoms with Crippen LogP contribution in [0.5, 0.6) is 0 Å². The third kappa shape index (κ3) is 6.57. The van der Waals surface area contributed by atoms with E-state index in [1.165, 1.54) is 38.2 Å². The fraction of sp³-hybridized carbons (Fsp3) is 0.233. The Morgan fingerprint density at radius 3 is 2.33 bits per heavy atom. The molecule has 0 N–H and O–H groups in total. The number of alkyl halides is 3. The summed E-state index contributed by atoms with van der Waals surface area (Å²) in [4.78, 5) is 29.6. The Morgan fingerprint density at radius 2 is 1.74 bits per heavy atom. The van der Waals surface area contributed by atoms with E-state index in [2.05, 4.69) is 10.1 Å². The lowest BCUT2D eigenvalue weighted by Crippen LogP contribution is -2.19. The lowest BCUT2D eigenvalue weighted by molar-refractivity contribution is -0.142. The maximum atomic E-state index is 14.2. The van der Waals surface area contributed by atoms with E-state index in [0.717, 1.165) is 22.9 Å². The van der Waals surface area contributed by atoms with Gasteiger partial charge in [-0.05, 0) is 61.7 Å². The van der Waals surface area contributed by atoms with Crippen LogP contribution in [0.25, 0.3) is 11.1 Å². The molecule has 0 saturated heterocycles. The van der Waals surface area contributed by atoms with Crippen molar-refractivity contribution in [3.8, 4) is 17.2 Å². The highest BCUT2D eigenvalue weighted by Crippen LogP contribution is 2.35. The molecule has 4 rings (SSSR count). The normalized spacial score (nSPS) is 12.2. The molecule has 0 aliphatic rings. The summed E-state index contributed by atoms with van der Waals surface area (Å²) >= 11 is 0. The summed E-state index contributed by atoms with van der Waals surface area (Å²) in [6, 6.07) is 11.4. The Bertz CT molecular complexity index is 1700. The maximum Gasteiger partial charge on any atom is 0.436 e. The molecule has 0 aliphatic carbocycles. The summed E-state index contributed by atoms with van der Waals surface area (Å²) in [5, 5.41) is 12.7. The highest BCUT2D eigenvalue weighted by Gasteiger charge is 2.39. The van der Waals surface area contributed by atoms with Crippen molar-refractivity contribution in [3.05, 3.63) is 106 Å². The van der Waals surface area contributed by atoms with E-state index >= 15 is 0 Å². The molecule has 0 amide bonds. The number of nitriles is 1. The van der Waals surface area contributed by atoms with Crippen molar-refractivity contribution in [2.45, 2.75) is 45.3 Å². The van der Waals surface area contributed by atoms with Crippen LogP contribution in [0.1, 0.15) is 57.8 Å². The lowest BCUT2D eigenvalue weighted by Gasteiger charge is -2.20. The molecule has 42 heavy (non-hydrogen) atoms. The number of aromatic nitrogens is 3. The van der Waals surface area contributed by atoms with Gasteiger partial charge in [-0.2, -0.15) is 23.5 Å². The Morgan fingerprint density at radius 1 is 1.05 bits per heavy atom. The Balaban J connectivity index is 1.75. The molecule has 216 valence electrons. The van der Waals surface area contributed by atoms with Gasteiger partial charge in [-0.3, -0.25) is 19.3 Å². The summed E-state index contributed by atoms with van der Waals surface area (Å²) in [5.74, 6) is -4.40. The molecule has 2 aromatic carbocycles. The highest BCUT2D eigenvalue weighted by molar-refractivity contribution is 5.95. The monoisotopic (exact) mass is 584 g/mol. The van der Waals surface area contributed by atoms with Crippen molar-refractivity contribution in [3.63, 3.8) is 0 Å². The van der Waals surface area contributed by atoms with E-state index in [1.54, 1.807) is 12.1 Å². The number of carbonyl (C=O) groups excluding carboxylic acids is 2. The summed E-state index contributed by atoms with van der Waals surface area (Å²) in [6.07, 6.45) is -3.93. The Kier molecular flexibility index (Phi) is 8.61. The molecule has 1 atom stereocenters. The summed E-state index contributed by atoms with van der Waals surface area (Å²) in [5.41, 5.74) is -1.17. The van der Waals surface area contributed by atoms with Gasteiger partial charge in [-0.15, -0.1) is 0 Å². The molecule has 2 heterocycles. The first-order chi connectivity index (χ1) is 19.8. The number of rotatable bonds is 9. The minimum Gasteiger partial charge on any atom is -0.298 e. The lowest BCUT2D eigenvalue weighted by atomic mass is 9.86. The van der Waals surface area contributed by atoms with Gasteiger partial charge in [0, 0.05) is 30.2 Å². The van der Waals surface area contributed by atoms with Crippen LogP contribution in [0.4, 0.5) is 26.3 Å². The number of ketones is 2. The fourth-order valence-corrected chi connectivity index (χ4v) is 4.77. The first-order valence-electron chi connectivity index (χ1n) is 12.6. The molecule has 12 heteroatoms. The number of nitrogens with zero attached hydrogens (tertiary/aromatic N) is 4. The topological polar surface area (TPSA) is 88.6 Å². The Hall–Kier alpha value is -4.79. The molecular weight excluding hydrogens is 562 g/mol. The number of halogens is 6. The maximum absolute atomic E-state index is 14.2. The fourth-order valence-electron chi connectivity index (χ4n) is 4.77. The van der Waals surface area contributed by atoms with Crippen molar-refractivity contribution in [1.82, 2.24) is 14.8 Å². The zero-order valence-electron chi connectivity index (χ0n) is 22.3. The minimum atomic E-state index is -4.91. The van der Waals surface area contributed by atoms with Crippen LogP contribution in [0.15, 0.2) is 54.7 Å². The summed E-state index contributed by atoms with van der Waals surface area (Å²) in [6.45, 7) is 1.82. The van der Waals surface area contributed by atoms with E-state index in [0.29, 0.717) is 17.2 Å². The Labute approximate surface area is 236 Å². The molecule has 0 spiro atoms. The minimum absolute atomic E-state index is 0.0967. The van der Waals surface area contributed by atoms with Gasteiger partial charge >= 0.3 is 6.18 Å².